The number of hydrogen-bond acceptors (Lipinski definition) is 5. The summed E-state index contributed by atoms with van der Waals surface area (Å²) in [5.41, 5.74) is 0.957. The molecule has 0 N–H and O–H groups in total. The summed E-state index contributed by atoms with van der Waals surface area (Å²) >= 11 is 0. The molecule has 5 nitrogen and oxygen atoms in total. The first-order valence-electron chi connectivity index (χ1n) is 7.30. The summed E-state index contributed by atoms with van der Waals surface area (Å²) < 4.78 is 10.5. The van der Waals surface area contributed by atoms with Gasteiger partial charge in [-0.25, -0.2) is 0 Å². The smallest absolute Gasteiger partial charge is 0.305 e. The van der Waals surface area contributed by atoms with Gasteiger partial charge in [0.25, 0.3) is 0 Å². The van der Waals surface area contributed by atoms with E-state index in [1.807, 2.05) is 38.1 Å². The number of hydrogen-bond donors (Lipinski definition) is 0. The molecular weight excluding hydrogens is 270 g/mol. The van der Waals surface area contributed by atoms with Crippen molar-refractivity contribution in [3.63, 3.8) is 0 Å². The zero-order valence-electron chi connectivity index (χ0n) is 12.7. The van der Waals surface area contributed by atoms with Crippen LogP contribution in [0.3, 0.4) is 0 Å². The summed E-state index contributed by atoms with van der Waals surface area (Å²) in [6, 6.07) is 7.60. The molecule has 0 amide bonds. The Kier molecular flexibility index (Phi) is 8.68. The third-order valence-corrected chi connectivity index (χ3v) is 2.63. The molecule has 1 rings (SSSR count). The molecule has 0 radical (unpaired) electrons. The number of esters is 1. The molecule has 0 aliphatic carbocycles. The predicted molar refractivity (Wildman–Crippen MR) is 81.6 cm³/mol. The van der Waals surface area contributed by atoms with Gasteiger partial charge in [0, 0.05) is 6.42 Å². The van der Waals surface area contributed by atoms with Crippen LogP contribution < -0.4 is 4.74 Å². The van der Waals surface area contributed by atoms with E-state index in [1.54, 1.807) is 6.21 Å². The molecule has 0 bridgehead atoms. The second-order valence-corrected chi connectivity index (χ2v) is 4.33. The Bertz CT molecular complexity index is 428. The molecule has 0 saturated carbocycles. The summed E-state index contributed by atoms with van der Waals surface area (Å²) in [6.45, 7) is 5.28. The van der Waals surface area contributed by atoms with Crippen molar-refractivity contribution in [1.82, 2.24) is 0 Å². The van der Waals surface area contributed by atoms with Crippen LogP contribution in [-0.4, -0.2) is 32.0 Å². The van der Waals surface area contributed by atoms with Crippen LogP contribution in [0.15, 0.2) is 29.4 Å². The Balaban J connectivity index is 2.19. The fourth-order valence-corrected chi connectivity index (χ4v) is 1.62. The molecule has 116 valence electrons. The van der Waals surface area contributed by atoms with E-state index >= 15 is 0 Å². The topological polar surface area (TPSA) is 57.1 Å². The van der Waals surface area contributed by atoms with Gasteiger partial charge >= 0.3 is 5.97 Å². The SMILES string of the molecule is CCO/N=C/c1ccc(OCCCCC(=O)OCC)cc1. The highest BCUT2D eigenvalue weighted by Gasteiger charge is 2.01. The van der Waals surface area contributed by atoms with E-state index < -0.39 is 0 Å². The third-order valence-electron chi connectivity index (χ3n) is 2.63. The van der Waals surface area contributed by atoms with Gasteiger partial charge in [0.1, 0.15) is 12.4 Å². The average Bonchev–Trinajstić information content (AvgIpc) is 2.49. The molecule has 0 aliphatic rings. The summed E-state index contributed by atoms with van der Waals surface area (Å²) in [5.74, 6) is 0.662. The van der Waals surface area contributed by atoms with Crippen LogP contribution >= 0.6 is 0 Å². The summed E-state index contributed by atoms with van der Waals surface area (Å²) in [7, 11) is 0. The van der Waals surface area contributed by atoms with Crippen LogP contribution in [0.5, 0.6) is 5.75 Å². The largest absolute Gasteiger partial charge is 0.494 e. The predicted octanol–water partition coefficient (Wildman–Crippen LogP) is 3.17. The number of ether oxygens (including phenoxy) is 2. The number of carbonyl (C=O) groups is 1. The van der Waals surface area contributed by atoms with Crippen LogP contribution in [0, 0.1) is 0 Å². The number of carbonyl (C=O) groups excluding carboxylic acids is 1. The normalized spacial score (nSPS) is 10.6. The lowest BCUT2D eigenvalue weighted by molar-refractivity contribution is -0.143. The van der Waals surface area contributed by atoms with E-state index in [4.69, 9.17) is 14.3 Å². The van der Waals surface area contributed by atoms with Gasteiger partial charge in [0.2, 0.25) is 0 Å². The first kappa shape index (κ1) is 17.0. The van der Waals surface area contributed by atoms with Crippen LogP contribution in [0.2, 0.25) is 0 Å². The maximum absolute atomic E-state index is 11.1. The van der Waals surface area contributed by atoms with Crippen molar-refractivity contribution < 1.29 is 19.1 Å². The Hall–Kier alpha value is -2.04. The van der Waals surface area contributed by atoms with Crippen molar-refractivity contribution in [2.24, 2.45) is 5.16 Å². The molecule has 0 saturated heterocycles. The molecule has 0 heterocycles. The fraction of sp³-hybridized carbons (Fsp3) is 0.500. The van der Waals surface area contributed by atoms with Crippen LogP contribution in [0.4, 0.5) is 0 Å². The molecule has 0 fully saturated rings. The highest BCUT2D eigenvalue weighted by atomic mass is 16.6. The minimum Gasteiger partial charge on any atom is -0.494 e. The lowest BCUT2D eigenvalue weighted by Gasteiger charge is -2.06. The van der Waals surface area contributed by atoms with Crippen molar-refractivity contribution >= 4 is 12.2 Å². The quantitative estimate of drug-likeness (QED) is 0.288. The molecule has 0 unspecified atom stereocenters. The highest BCUT2D eigenvalue weighted by Crippen LogP contribution is 2.12. The Morgan fingerprint density at radius 2 is 1.90 bits per heavy atom. The maximum Gasteiger partial charge on any atom is 0.305 e. The van der Waals surface area contributed by atoms with Crippen molar-refractivity contribution in [3.8, 4) is 5.75 Å². The van der Waals surface area contributed by atoms with Gasteiger partial charge in [-0.15, -0.1) is 0 Å². The molecule has 5 heteroatoms. The van der Waals surface area contributed by atoms with Gasteiger partial charge < -0.3 is 14.3 Å². The van der Waals surface area contributed by atoms with Gasteiger partial charge in [-0.2, -0.15) is 0 Å². The minimum absolute atomic E-state index is 0.143. The second-order valence-electron chi connectivity index (χ2n) is 4.33. The lowest BCUT2D eigenvalue weighted by Crippen LogP contribution is -2.05. The summed E-state index contributed by atoms with van der Waals surface area (Å²) in [4.78, 5) is 16.0. The summed E-state index contributed by atoms with van der Waals surface area (Å²) in [5, 5.41) is 3.80. The van der Waals surface area contributed by atoms with Crippen molar-refractivity contribution in [2.45, 2.75) is 33.1 Å². The van der Waals surface area contributed by atoms with Crippen molar-refractivity contribution in [2.75, 3.05) is 19.8 Å². The second kappa shape index (κ2) is 10.7. The minimum atomic E-state index is -0.143. The van der Waals surface area contributed by atoms with Crippen LogP contribution in [-0.2, 0) is 14.4 Å². The van der Waals surface area contributed by atoms with Gasteiger partial charge in [-0.3, -0.25) is 4.79 Å². The van der Waals surface area contributed by atoms with Gasteiger partial charge in [0.15, 0.2) is 0 Å². The average molecular weight is 293 g/mol. The Morgan fingerprint density at radius 3 is 2.57 bits per heavy atom. The first-order valence-corrected chi connectivity index (χ1v) is 7.30. The molecule has 0 aliphatic heterocycles. The van der Waals surface area contributed by atoms with E-state index in [-0.39, 0.29) is 5.97 Å². The van der Waals surface area contributed by atoms with E-state index in [9.17, 15) is 4.79 Å². The standard InChI is InChI=1S/C16H23NO4/c1-3-19-16(18)7-5-6-12-20-15-10-8-14(9-11-15)13-17-21-4-2/h8-11,13H,3-7,12H2,1-2H3/b17-13+. The van der Waals surface area contributed by atoms with E-state index in [1.165, 1.54) is 0 Å². The first-order chi connectivity index (χ1) is 10.3. The van der Waals surface area contributed by atoms with Crippen molar-refractivity contribution in [3.05, 3.63) is 29.8 Å². The Labute approximate surface area is 125 Å². The van der Waals surface area contributed by atoms with Crippen LogP contribution in [0.1, 0.15) is 38.7 Å². The van der Waals surface area contributed by atoms with Crippen LogP contribution in [0.25, 0.3) is 0 Å². The highest BCUT2D eigenvalue weighted by molar-refractivity contribution is 5.79. The molecule has 21 heavy (non-hydrogen) atoms. The number of benzene rings is 1. The van der Waals surface area contributed by atoms with Gasteiger partial charge in [-0.05, 0) is 56.5 Å². The lowest BCUT2D eigenvalue weighted by atomic mass is 10.2. The monoisotopic (exact) mass is 293 g/mol. The molecule has 1 aromatic rings. The van der Waals surface area contributed by atoms with Crippen molar-refractivity contribution in [1.29, 1.82) is 0 Å². The number of rotatable bonds is 10. The maximum atomic E-state index is 11.1. The van der Waals surface area contributed by atoms with Gasteiger partial charge in [0.05, 0.1) is 19.4 Å². The molecule has 0 aromatic heterocycles. The van der Waals surface area contributed by atoms with E-state index in [0.29, 0.717) is 26.2 Å². The molecule has 0 spiro atoms. The fourth-order valence-electron chi connectivity index (χ4n) is 1.62. The molecule has 0 atom stereocenters. The number of nitrogens with zero attached hydrogens (tertiary/aromatic N) is 1. The summed E-state index contributed by atoms with van der Waals surface area (Å²) in [6.07, 6.45) is 3.71. The Morgan fingerprint density at radius 1 is 1.14 bits per heavy atom. The molecular formula is C16H23NO4. The van der Waals surface area contributed by atoms with Gasteiger partial charge in [-0.1, -0.05) is 5.16 Å². The van der Waals surface area contributed by atoms with E-state index in [0.717, 1.165) is 24.2 Å². The molecule has 1 aromatic carbocycles. The third kappa shape index (κ3) is 7.97. The van der Waals surface area contributed by atoms with E-state index in [2.05, 4.69) is 5.16 Å². The zero-order valence-corrected chi connectivity index (χ0v) is 12.7. The number of unbranched alkanes of at least 4 members (excludes halogenated alkanes) is 1. The number of oxime groups is 1. The zero-order chi connectivity index (χ0) is 15.3.